The SMILES string of the molecule is O=C(NC1(CF)CC1)c1nc(COc2ccc3c(c2)OC(F)(F)O3)co1. The van der Waals surface area contributed by atoms with Crippen molar-refractivity contribution in [3.05, 3.63) is 36.0 Å². The molecule has 7 nitrogen and oxygen atoms in total. The number of rotatable bonds is 6. The zero-order chi connectivity index (χ0) is 18.4. The Balaban J connectivity index is 1.36. The summed E-state index contributed by atoms with van der Waals surface area (Å²) in [5.74, 6) is -0.794. The molecule has 4 rings (SSSR count). The van der Waals surface area contributed by atoms with Crippen LogP contribution in [0.15, 0.2) is 28.9 Å². The van der Waals surface area contributed by atoms with Gasteiger partial charge in [0.05, 0.1) is 5.54 Å². The molecule has 1 aromatic heterocycles. The number of amides is 1. The second-order valence-electron chi connectivity index (χ2n) is 6.08. The van der Waals surface area contributed by atoms with Gasteiger partial charge in [-0.3, -0.25) is 4.79 Å². The van der Waals surface area contributed by atoms with Crippen molar-refractivity contribution in [3.8, 4) is 17.2 Å². The Kier molecular flexibility index (Phi) is 3.70. The predicted octanol–water partition coefficient (Wildman–Crippen LogP) is 2.81. The van der Waals surface area contributed by atoms with E-state index in [0.29, 0.717) is 18.5 Å². The highest BCUT2D eigenvalue weighted by Gasteiger charge is 2.45. The number of nitrogens with one attached hydrogen (secondary N) is 1. The van der Waals surface area contributed by atoms with Crippen LogP contribution in [-0.4, -0.2) is 29.4 Å². The molecule has 0 atom stereocenters. The van der Waals surface area contributed by atoms with E-state index in [2.05, 4.69) is 19.8 Å². The standard InChI is InChI=1S/C16H13F3N2O5/c17-8-15(3-4-15)21-13(22)14-20-9(7-24-14)6-23-10-1-2-11-12(5-10)26-16(18,19)25-11/h1-2,5,7H,3-4,6,8H2,(H,21,22). The number of aromatic nitrogens is 1. The lowest BCUT2D eigenvalue weighted by Gasteiger charge is -2.10. The van der Waals surface area contributed by atoms with Crippen LogP contribution < -0.4 is 19.5 Å². The minimum absolute atomic E-state index is 0.0684. The van der Waals surface area contributed by atoms with Gasteiger partial charge in [-0.25, -0.2) is 9.37 Å². The first-order chi connectivity index (χ1) is 12.4. The van der Waals surface area contributed by atoms with Gasteiger partial charge >= 0.3 is 12.2 Å². The van der Waals surface area contributed by atoms with Gasteiger partial charge in [-0.15, -0.1) is 8.78 Å². The highest BCUT2D eigenvalue weighted by Crippen LogP contribution is 2.42. The highest BCUT2D eigenvalue weighted by atomic mass is 19.3. The van der Waals surface area contributed by atoms with Crippen molar-refractivity contribution in [2.45, 2.75) is 31.3 Å². The van der Waals surface area contributed by atoms with Gasteiger partial charge in [-0.2, -0.15) is 0 Å². The summed E-state index contributed by atoms with van der Waals surface area (Å²) in [6, 6.07) is 3.97. The van der Waals surface area contributed by atoms with E-state index in [1.165, 1.54) is 24.5 Å². The van der Waals surface area contributed by atoms with Gasteiger partial charge in [-0.05, 0) is 25.0 Å². The third-order valence-electron chi connectivity index (χ3n) is 3.99. The van der Waals surface area contributed by atoms with Gasteiger partial charge < -0.3 is 23.9 Å². The molecule has 1 saturated carbocycles. The number of fused-ring (bicyclic) bond motifs is 1. The van der Waals surface area contributed by atoms with Gasteiger partial charge in [0.2, 0.25) is 0 Å². The molecule has 0 saturated heterocycles. The number of oxazole rings is 1. The van der Waals surface area contributed by atoms with Gasteiger partial charge in [0.15, 0.2) is 11.5 Å². The van der Waals surface area contributed by atoms with E-state index in [4.69, 9.17) is 9.15 Å². The molecule has 0 unspecified atom stereocenters. The third kappa shape index (κ3) is 3.26. The Hall–Kier alpha value is -2.91. The lowest BCUT2D eigenvalue weighted by atomic mass is 10.3. The Morgan fingerprint density at radius 2 is 2.04 bits per heavy atom. The molecule has 10 heteroatoms. The zero-order valence-corrected chi connectivity index (χ0v) is 13.3. The number of ether oxygens (including phenoxy) is 3. The fourth-order valence-electron chi connectivity index (χ4n) is 2.39. The number of hydrogen-bond donors (Lipinski definition) is 1. The Labute approximate surface area is 145 Å². The first-order valence-corrected chi connectivity index (χ1v) is 7.74. The predicted molar refractivity (Wildman–Crippen MR) is 78.9 cm³/mol. The van der Waals surface area contributed by atoms with Crippen LogP contribution in [0.2, 0.25) is 0 Å². The lowest BCUT2D eigenvalue weighted by Crippen LogP contribution is -2.38. The van der Waals surface area contributed by atoms with Crippen LogP contribution in [0.25, 0.3) is 0 Å². The van der Waals surface area contributed by atoms with Gasteiger partial charge in [0, 0.05) is 6.07 Å². The highest BCUT2D eigenvalue weighted by molar-refractivity contribution is 5.90. The Morgan fingerprint density at radius 1 is 1.27 bits per heavy atom. The van der Waals surface area contributed by atoms with Crippen molar-refractivity contribution in [3.63, 3.8) is 0 Å². The summed E-state index contributed by atoms with van der Waals surface area (Å²) in [6.45, 7) is -0.709. The van der Waals surface area contributed by atoms with Crippen molar-refractivity contribution in [1.82, 2.24) is 10.3 Å². The maximum absolute atomic E-state index is 13.0. The Bertz CT molecular complexity index is 850. The number of alkyl halides is 3. The molecule has 1 N–H and O–H groups in total. The largest absolute Gasteiger partial charge is 0.586 e. The summed E-state index contributed by atoms with van der Waals surface area (Å²) >= 11 is 0. The van der Waals surface area contributed by atoms with Crippen LogP contribution >= 0.6 is 0 Å². The molecular weight excluding hydrogens is 357 g/mol. The number of halogens is 3. The van der Waals surface area contributed by atoms with Gasteiger partial charge in [0.1, 0.15) is 31.0 Å². The minimum Gasteiger partial charge on any atom is -0.487 e. The molecular formula is C16H13F3N2O5. The average molecular weight is 370 g/mol. The lowest BCUT2D eigenvalue weighted by molar-refractivity contribution is -0.286. The molecule has 0 radical (unpaired) electrons. The van der Waals surface area contributed by atoms with E-state index in [1.54, 1.807) is 0 Å². The van der Waals surface area contributed by atoms with Crippen molar-refractivity contribution in [2.75, 3.05) is 6.67 Å². The fourth-order valence-corrected chi connectivity index (χ4v) is 2.39. The molecule has 1 aliphatic heterocycles. The Morgan fingerprint density at radius 3 is 2.77 bits per heavy atom. The number of carbonyl (C=O) groups is 1. The molecule has 26 heavy (non-hydrogen) atoms. The van der Waals surface area contributed by atoms with E-state index < -0.39 is 24.4 Å². The normalized spacial score (nSPS) is 18.4. The second kappa shape index (κ2) is 5.82. The maximum Gasteiger partial charge on any atom is 0.586 e. The van der Waals surface area contributed by atoms with E-state index in [1.807, 2.05) is 0 Å². The molecule has 2 aliphatic rings. The maximum atomic E-state index is 13.0. The second-order valence-corrected chi connectivity index (χ2v) is 6.08. The van der Waals surface area contributed by atoms with Crippen LogP contribution in [0, 0.1) is 0 Å². The van der Waals surface area contributed by atoms with Crippen LogP contribution in [0.4, 0.5) is 13.2 Å². The topological polar surface area (TPSA) is 82.8 Å². The summed E-state index contributed by atoms with van der Waals surface area (Å²) in [4.78, 5) is 15.9. The molecule has 0 spiro atoms. The van der Waals surface area contributed by atoms with E-state index in [9.17, 15) is 18.0 Å². The molecule has 1 aliphatic carbocycles. The fraction of sp³-hybridized carbons (Fsp3) is 0.375. The smallest absolute Gasteiger partial charge is 0.487 e. The summed E-state index contributed by atoms with van der Waals surface area (Å²) in [7, 11) is 0. The van der Waals surface area contributed by atoms with Gasteiger partial charge in [-0.1, -0.05) is 0 Å². The third-order valence-corrected chi connectivity index (χ3v) is 3.99. The molecule has 0 bridgehead atoms. The van der Waals surface area contributed by atoms with E-state index >= 15 is 0 Å². The molecule has 138 valence electrons. The van der Waals surface area contributed by atoms with Crippen molar-refractivity contribution in [2.24, 2.45) is 0 Å². The average Bonchev–Trinajstić information content (AvgIpc) is 3.07. The summed E-state index contributed by atoms with van der Waals surface area (Å²) in [5, 5.41) is 2.54. The number of hydrogen-bond acceptors (Lipinski definition) is 6. The first kappa shape index (κ1) is 16.6. The molecule has 1 amide bonds. The minimum atomic E-state index is -3.70. The quantitative estimate of drug-likeness (QED) is 0.842. The van der Waals surface area contributed by atoms with Crippen molar-refractivity contribution < 1.29 is 36.6 Å². The van der Waals surface area contributed by atoms with Crippen LogP contribution in [-0.2, 0) is 6.61 Å². The molecule has 2 aromatic rings. The molecule has 2 heterocycles. The number of benzene rings is 1. The van der Waals surface area contributed by atoms with Crippen LogP contribution in [0.3, 0.4) is 0 Å². The van der Waals surface area contributed by atoms with Crippen molar-refractivity contribution in [1.29, 1.82) is 0 Å². The number of nitrogens with zero attached hydrogens (tertiary/aromatic N) is 1. The molecule has 1 fully saturated rings. The van der Waals surface area contributed by atoms with Crippen LogP contribution in [0.1, 0.15) is 29.2 Å². The monoisotopic (exact) mass is 370 g/mol. The van der Waals surface area contributed by atoms with E-state index in [0.717, 1.165) is 0 Å². The number of carbonyl (C=O) groups excluding carboxylic acids is 1. The molecule has 1 aromatic carbocycles. The van der Waals surface area contributed by atoms with Gasteiger partial charge in [0.25, 0.3) is 5.89 Å². The van der Waals surface area contributed by atoms with E-state index in [-0.39, 0.29) is 29.7 Å². The zero-order valence-electron chi connectivity index (χ0n) is 13.3. The summed E-state index contributed by atoms with van der Waals surface area (Å²) in [5.41, 5.74) is -0.486. The summed E-state index contributed by atoms with van der Waals surface area (Å²) in [6.07, 6.45) is -1.32. The van der Waals surface area contributed by atoms with Crippen molar-refractivity contribution >= 4 is 5.91 Å². The first-order valence-electron chi connectivity index (χ1n) is 7.74. The van der Waals surface area contributed by atoms with Crippen LogP contribution in [0.5, 0.6) is 17.2 Å². The summed E-state index contributed by atoms with van der Waals surface area (Å²) < 4.78 is 57.9.